The number of hydrogen-bond acceptors (Lipinski definition) is 4. The summed E-state index contributed by atoms with van der Waals surface area (Å²) >= 11 is 0. The third kappa shape index (κ3) is 4.47. The lowest BCUT2D eigenvalue weighted by atomic mass is 9.98. The first kappa shape index (κ1) is 19.2. The summed E-state index contributed by atoms with van der Waals surface area (Å²) in [6.45, 7) is 1.67. The molecule has 2 aliphatic rings. The molecule has 7 heteroatoms. The molecular formula is C21H26N2O4S. The summed E-state index contributed by atoms with van der Waals surface area (Å²) in [5, 5.41) is 4.98. The Balaban J connectivity index is 1.19. The summed E-state index contributed by atoms with van der Waals surface area (Å²) in [5.74, 6) is 0.837. The summed E-state index contributed by atoms with van der Waals surface area (Å²) in [6.07, 6.45) is 3.18. The minimum atomic E-state index is -3.07. The molecular weight excluding hydrogens is 376 g/mol. The molecule has 2 aromatic rings. The van der Waals surface area contributed by atoms with E-state index >= 15 is 0 Å². The number of carbonyl (C=O) groups excluding carboxylic acids is 1. The van der Waals surface area contributed by atoms with Crippen molar-refractivity contribution in [2.45, 2.75) is 30.9 Å². The van der Waals surface area contributed by atoms with Gasteiger partial charge in [0.2, 0.25) is 10.0 Å². The van der Waals surface area contributed by atoms with Crippen molar-refractivity contribution < 1.29 is 17.9 Å². The van der Waals surface area contributed by atoms with Crippen molar-refractivity contribution in [1.82, 2.24) is 9.62 Å². The molecule has 2 aromatic carbocycles. The molecule has 1 saturated heterocycles. The van der Waals surface area contributed by atoms with Crippen LogP contribution in [-0.2, 0) is 14.8 Å². The number of amides is 1. The number of nitrogens with one attached hydrogen (secondary N) is 1. The maximum atomic E-state index is 12.3. The van der Waals surface area contributed by atoms with Crippen molar-refractivity contribution in [3.8, 4) is 5.75 Å². The summed E-state index contributed by atoms with van der Waals surface area (Å²) in [4.78, 5) is 12.1. The van der Waals surface area contributed by atoms with Crippen LogP contribution in [0.1, 0.15) is 25.7 Å². The van der Waals surface area contributed by atoms with E-state index in [1.165, 1.54) is 0 Å². The molecule has 4 rings (SSSR count). The average molecular weight is 403 g/mol. The molecule has 28 heavy (non-hydrogen) atoms. The van der Waals surface area contributed by atoms with Crippen LogP contribution in [-0.4, -0.2) is 50.1 Å². The topological polar surface area (TPSA) is 75.7 Å². The normalized spacial score (nSPS) is 18.9. The largest absolute Gasteiger partial charge is 0.484 e. The number of sulfonamides is 1. The lowest BCUT2D eigenvalue weighted by molar-refractivity contribution is -0.123. The second-order valence-corrected chi connectivity index (χ2v) is 9.90. The monoisotopic (exact) mass is 402 g/mol. The third-order valence-corrected chi connectivity index (χ3v) is 7.96. The van der Waals surface area contributed by atoms with E-state index in [1.807, 2.05) is 42.5 Å². The van der Waals surface area contributed by atoms with Crippen LogP contribution in [0.25, 0.3) is 10.8 Å². The van der Waals surface area contributed by atoms with Gasteiger partial charge in [-0.15, -0.1) is 0 Å². The fourth-order valence-electron chi connectivity index (χ4n) is 3.66. The highest BCUT2D eigenvalue weighted by Crippen LogP contribution is 2.33. The van der Waals surface area contributed by atoms with Gasteiger partial charge in [-0.3, -0.25) is 4.79 Å². The van der Waals surface area contributed by atoms with Gasteiger partial charge in [0.25, 0.3) is 5.91 Å². The van der Waals surface area contributed by atoms with E-state index < -0.39 is 10.0 Å². The molecule has 0 aromatic heterocycles. The molecule has 1 aliphatic carbocycles. The standard InChI is InChI=1S/C21H26N2O4S/c24-21(15-27-19-6-5-17-3-1-2-4-18(17)13-19)22-14-16-9-11-23(12-10-16)28(25,26)20-7-8-20/h1-6,13,16,20H,7-12,14-15H2,(H,22,24). The Kier molecular flexibility index (Phi) is 5.55. The fourth-order valence-corrected chi connectivity index (χ4v) is 5.53. The van der Waals surface area contributed by atoms with Crippen LogP contribution >= 0.6 is 0 Å². The second-order valence-electron chi connectivity index (χ2n) is 7.69. The zero-order valence-corrected chi connectivity index (χ0v) is 16.7. The molecule has 1 saturated carbocycles. The van der Waals surface area contributed by atoms with Gasteiger partial charge in [0.1, 0.15) is 5.75 Å². The van der Waals surface area contributed by atoms with Crippen molar-refractivity contribution in [3.05, 3.63) is 42.5 Å². The van der Waals surface area contributed by atoms with Crippen LogP contribution in [0, 0.1) is 5.92 Å². The average Bonchev–Trinajstić information content (AvgIpc) is 3.57. The molecule has 1 amide bonds. The predicted molar refractivity (Wildman–Crippen MR) is 109 cm³/mol. The maximum absolute atomic E-state index is 12.3. The van der Waals surface area contributed by atoms with E-state index in [0.29, 0.717) is 31.3 Å². The molecule has 0 radical (unpaired) electrons. The molecule has 1 N–H and O–H groups in total. The van der Waals surface area contributed by atoms with Gasteiger partial charge in [-0.25, -0.2) is 12.7 Å². The smallest absolute Gasteiger partial charge is 0.257 e. The summed E-state index contributed by atoms with van der Waals surface area (Å²) in [7, 11) is -3.07. The number of fused-ring (bicyclic) bond motifs is 1. The van der Waals surface area contributed by atoms with Crippen molar-refractivity contribution in [1.29, 1.82) is 0 Å². The molecule has 6 nitrogen and oxygen atoms in total. The molecule has 1 heterocycles. The lowest BCUT2D eigenvalue weighted by Crippen LogP contribution is -2.43. The van der Waals surface area contributed by atoms with Crippen molar-refractivity contribution in [3.63, 3.8) is 0 Å². The molecule has 2 fully saturated rings. The van der Waals surface area contributed by atoms with E-state index in [9.17, 15) is 13.2 Å². The molecule has 0 unspecified atom stereocenters. The van der Waals surface area contributed by atoms with Gasteiger partial charge in [0.05, 0.1) is 5.25 Å². The first-order valence-electron chi connectivity index (χ1n) is 9.89. The Bertz CT molecular complexity index is 948. The second kappa shape index (κ2) is 8.09. The van der Waals surface area contributed by atoms with Crippen LogP contribution in [0.15, 0.2) is 42.5 Å². The van der Waals surface area contributed by atoms with Crippen LogP contribution in [0.4, 0.5) is 0 Å². The quantitative estimate of drug-likeness (QED) is 0.772. The van der Waals surface area contributed by atoms with E-state index in [1.54, 1.807) is 4.31 Å². The van der Waals surface area contributed by atoms with Gasteiger partial charge in [-0.1, -0.05) is 30.3 Å². The lowest BCUT2D eigenvalue weighted by Gasteiger charge is -2.31. The van der Waals surface area contributed by atoms with E-state index in [2.05, 4.69) is 5.32 Å². The Labute approximate surface area is 165 Å². The van der Waals surface area contributed by atoms with E-state index in [4.69, 9.17) is 4.74 Å². The Morgan fingerprint density at radius 2 is 1.75 bits per heavy atom. The predicted octanol–water partition coefficient (Wildman–Crippen LogP) is 2.54. The SMILES string of the molecule is O=C(COc1ccc2ccccc2c1)NCC1CCN(S(=O)(=O)C2CC2)CC1. The van der Waals surface area contributed by atoms with Crippen LogP contribution in [0.2, 0.25) is 0 Å². The van der Waals surface area contributed by atoms with Gasteiger partial charge in [0, 0.05) is 19.6 Å². The zero-order valence-electron chi connectivity index (χ0n) is 15.8. The van der Waals surface area contributed by atoms with E-state index in [-0.39, 0.29) is 17.8 Å². The zero-order chi connectivity index (χ0) is 19.6. The summed E-state index contributed by atoms with van der Waals surface area (Å²) in [5.41, 5.74) is 0. The maximum Gasteiger partial charge on any atom is 0.257 e. The number of carbonyl (C=O) groups is 1. The van der Waals surface area contributed by atoms with Gasteiger partial charge in [0.15, 0.2) is 6.61 Å². The Morgan fingerprint density at radius 1 is 1.04 bits per heavy atom. The number of nitrogens with zero attached hydrogens (tertiary/aromatic N) is 1. The minimum absolute atomic E-state index is 0.0206. The highest BCUT2D eigenvalue weighted by molar-refractivity contribution is 7.90. The van der Waals surface area contributed by atoms with Crippen LogP contribution in [0.5, 0.6) is 5.75 Å². The van der Waals surface area contributed by atoms with Crippen LogP contribution in [0.3, 0.4) is 0 Å². The molecule has 0 bridgehead atoms. The number of hydrogen-bond donors (Lipinski definition) is 1. The highest BCUT2D eigenvalue weighted by Gasteiger charge is 2.41. The van der Waals surface area contributed by atoms with Crippen molar-refractivity contribution >= 4 is 26.7 Å². The highest BCUT2D eigenvalue weighted by atomic mass is 32.2. The first-order chi connectivity index (χ1) is 13.5. The number of rotatable bonds is 7. The number of ether oxygens (including phenoxy) is 1. The van der Waals surface area contributed by atoms with Gasteiger partial charge < -0.3 is 10.1 Å². The fraction of sp³-hybridized carbons (Fsp3) is 0.476. The summed E-state index contributed by atoms with van der Waals surface area (Å²) in [6, 6.07) is 13.8. The summed E-state index contributed by atoms with van der Waals surface area (Å²) < 4.78 is 31.8. The molecule has 1 aliphatic heterocycles. The number of piperidine rings is 1. The Hall–Kier alpha value is -2.12. The Morgan fingerprint density at radius 3 is 2.46 bits per heavy atom. The number of benzene rings is 2. The minimum Gasteiger partial charge on any atom is -0.484 e. The van der Waals surface area contributed by atoms with Gasteiger partial charge in [-0.05, 0) is 54.5 Å². The first-order valence-corrected chi connectivity index (χ1v) is 11.4. The van der Waals surface area contributed by atoms with Crippen LogP contribution < -0.4 is 10.1 Å². The van der Waals surface area contributed by atoms with Crippen molar-refractivity contribution in [2.24, 2.45) is 5.92 Å². The van der Waals surface area contributed by atoms with Gasteiger partial charge >= 0.3 is 0 Å². The van der Waals surface area contributed by atoms with Crippen molar-refractivity contribution in [2.75, 3.05) is 26.2 Å². The molecule has 150 valence electrons. The van der Waals surface area contributed by atoms with Gasteiger partial charge in [-0.2, -0.15) is 0 Å². The molecule has 0 spiro atoms. The van der Waals surface area contributed by atoms with E-state index in [0.717, 1.165) is 36.5 Å². The molecule has 0 atom stereocenters. The third-order valence-electron chi connectivity index (χ3n) is 5.56.